The summed E-state index contributed by atoms with van der Waals surface area (Å²) in [5.74, 6) is 0. The zero-order chi connectivity index (χ0) is 20.3. The summed E-state index contributed by atoms with van der Waals surface area (Å²) in [7, 11) is -0.959. The lowest BCUT2D eigenvalue weighted by Gasteiger charge is -2.17. The molecule has 0 unspecified atom stereocenters. The second-order valence-electron chi connectivity index (χ2n) is 5.49. The number of para-hydroxylation sites is 2. The first-order valence-electron chi connectivity index (χ1n) is 7.72. The van der Waals surface area contributed by atoms with Gasteiger partial charge in [-0.15, -0.1) is 10.2 Å². The van der Waals surface area contributed by atoms with Crippen LogP contribution in [0.2, 0.25) is 0 Å². The average Bonchev–Trinajstić information content (AvgIpc) is 3.12. The zero-order valence-corrected chi connectivity index (χ0v) is 17.1. The molecule has 0 radical (unpaired) electrons. The minimum atomic E-state index is -4.94. The Morgan fingerprint density at radius 3 is 2.18 bits per heavy atom. The second-order valence-corrected chi connectivity index (χ2v) is 8.26. The van der Waals surface area contributed by atoms with Crippen molar-refractivity contribution < 1.29 is 33.4 Å². The van der Waals surface area contributed by atoms with Crippen LogP contribution in [0.25, 0.3) is 20.4 Å². The van der Waals surface area contributed by atoms with Gasteiger partial charge in [-0.2, -0.15) is 0 Å². The van der Waals surface area contributed by atoms with E-state index in [1.165, 1.54) is 9.40 Å². The molecule has 4 aromatic rings. The predicted octanol–water partition coefficient (Wildman–Crippen LogP) is -0.877. The van der Waals surface area contributed by atoms with E-state index in [9.17, 15) is 0 Å². The summed E-state index contributed by atoms with van der Waals surface area (Å²) >= 11 is 3.21. The molecule has 0 saturated heterocycles. The number of fused-ring (bicyclic) bond motifs is 2. The number of rotatable bonds is 2. The summed E-state index contributed by atoms with van der Waals surface area (Å²) in [6, 6.07) is 16.4. The number of hydrogen-bond acceptors (Lipinski definition) is 8. The Morgan fingerprint density at radius 1 is 0.929 bits per heavy atom. The highest BCUT2D eigenvalue weighted by atomic mass is 35.7. The molecule has 2 heterocycles. The minimum Gasteiger partial charge on any atom is -0.318 e. The molecule has 2 aromatic heterocycles. The molecule has 0 fully saturated rings. The van der Waals surface area contributed by atoms with Crippen LogP contribution in [0.15, 0.2) is 64.0 Å². The summed E-state index contributed by atoms with van der Waals surface area (Å²) in [5, 5.41) is 13.5. The summed E-state index contributed by atoms with van der Waals surface area (Å²) in [6.07, 6.45) is 0. The molecule has 0 bridgehead atoms. The molecule has 0 spiro atoms. The van der Waals surface area contributed by atoms with Gasteiger partial charge in [-0.3, -0.25) is 0 Å². The maximum atomic E-state index is 8.49. The third-order valence-corrected chi connectivity index (χ3v) is 5.90. The van der Waals surface area contributed by atoms with E-state index in [2.05, 4.69) is 39.7 Å². The van der Waals surface area contributed by atoms with E-state index in [0.29, 0.717) is 0 Å². The van der Waals surface area contributed by atoms with Crippen molar-refractivity contribution in [3.8, 4) is 0 Å². The summed E-state index contributed by atoms with van der Waals surface area (Å²) < 4.78 is 40.4. The monoisotopic (exact) mass is 439 g/mol. The van der Waals surface area contributed by atoms with Crippen LogP contribution in [0, 0.1) is 10.2 Å². The third kappa shape index (κ3) is 4.97. The van der Waals surface area contributed by atoms with Gasteiger partial charge in [-0.05, 0) is 35.6 Å². The van der Waals surface area contributed by atoms with Gasteiger partial charge in [0.1, 0.15) is 10.6 Å². The largest absolute Gasteiger partial charge is 0.411 e. The van der Waals surface area contributed by atoms with Gasteiger partial charge >= 0.3 is 5.13 Å². The van der Waals surface area contributed by atoms with E-state index >= 15 is 0 Å². The fourth-order valence-corrected chi connectivity index (χ4v) is 4.39. The van der Waals surface area contributed by atoms with Crippen molar-refractivity contribution in [2.45, 2.75) is 0 Å². The van der Waals surface area contributed by atoms with Gasteiger partial charge in [0.25, 0.3) is 0 Å². The van der Waals surface area contributed by atoms with Crippen molar-refractivity contribution in [1.82, 2.24) is 4.57 Å². The van der Waals surface area contributed by atoms with Gasteiger partial charge in [0, 0.05) is 7.05 Å². The zero-order valence-electron chi connectivity index (χ0n) is 14.7. The van der Waals surface area contributed by atoms with Crippen molar-refractivity contribution in [2.75, 3.05) is 0 Å². The molecule has 12 heteroatoms. The van der Waals surface area contributed by atoms with E-state index in [1.807, 2.05) is 47.5 Å². The molecule has 0 aliphatic heterocycles. The molecule has 0 atom stereocenters. The first-order valence-corrected chi connectivity index (χ1v) is 10.6. The van der Waals surface area contributed by atoms with E-state index in [0.717, 1.165) is 21.0 Å². The summed E-state index contributed by atoms with van der Waals surface area (Å²) in [5.41, 5.74) is 2.30. The number of benzene rings is 2. The van der Waals surface area contributed by atoms with Crippen molar-refractivity contribution in [3.63, 3.8) is 0 Å². The fraction of sp³-hybridized carbons (Fsp3) is 0.125. The molecular weight excluding hydrogens is 426 g/mol. The van der Waals surface area contributed by atoms with Crippen LogP contribution in [0.5, 0.6) is 0 Å². The van der Waals surface area contributed by atoms with E-state index < -0.39 is 10.2 Å². The number of hydrogen-bond donors (Lipinski definition) is 0. The van der Waals surface area contributed by atoms with Gasteiger partial charge in [-0.1, -0.05) is 40.7 Å². The number of aromatic nitrogens is 2. The van der Waals surface area contributed by atoms with E-state index in [4.69, 9.17) is 18.6 Å². The summed E-state index contributed by atoms with van der Waals surface area (Å²) in [6.45, 7) is 0. The third-order valence-electron chi connectivity index (χ3n) is 3.69. The number of aryl methyl sites for hydroxylation is 2. The molecule has 28 heavy (non-hydrogen) atoms. The van der Waals surface area contributed by atoms with Crippen molar-refractivity contribution in [1.29, 1.82) is 0 Å². The van der Waals surface area contributed by atoms with Crippen LogP contribution in [-0.4, -0.2) is 4.57 Å². The lowest BCUT2D eigenvalue weighted by Crippen LogP contribution is -2.68. The maximum absolute atomic E-state index is 8.49. The number of nitrogens with zero attached hydrogens (tertiary/aromatic N) is 5. The lowest BCUT2D eigenvalue weighted by molar-refractivity contribution is -2.00. The Bertz CT molecular complexity index is 1200. The van der Waals surface area contributed by atoms with Crippen molar-refractivity contribution >= 4 is 48.2 Å². The highest BCUT2D eigenvalue weighted by Gasteiger charge is 2.15. The summed E-state index contributed by atoms with van der Waals surface area (Å²) in [4.78, 5) is 0.832. The normalized spacial score (nSPS) is 12.7. The highest BCUT2D eigenvalue weighted by molar-refractivity contribution is 7.21. The molecular formula is C16H14ClN5O4S2. The van der Waals surface area contributed by atoms with Crippen molar-refractivity contribution in [2.24, 2.45) is 29.5 Å². The van der Waals surface area contributed by atoms with Crippen LogP contribution in [0.4, 0.5) is 5.13 Å². The first kappa shape index (κ1) is 20.5. The molecule has 146 valence electrons. The Kier molecular flexibility index (Phi) is 6.15. The fourth-order valence-electron chi connectivity index (χ4n) is 2.45. The SMILES string of the molecule is Cn1/c(=N\N=Nc2sc3ccccc3[n+]2C)sc2ccccc21.[O-][Cl+3]([O-])([O-])[O-]. The van der Waals surface area contributed by atoms with Crippen LogP contribution < -0.4 is 28.0 Å². The molecule has 4 rings (SSSR count). The number of halogens is 1. The first-order chi connectivity index (χ1) is 13.2. The molecule has 0 amide bonds. The predicted molar refractivity (Wildman–Crippen MR) is 93.9 cm³/mol. The lowest BCUT2D eigenvalue weighted by atomic mass is 10.3. The van der Waals surface area contributed by atoms with Gasteiger partial charge in [-0.25, -0.2) is 23.2 Å². The van der Waals surface area contributed by atoms with E-state index in [1.54, 1.807) is 22.7 Å². The second kappa shape index (κ2) is 8.41. The molecule has 0 aliphatic rings. The standard InChI is InChI=1S/C16H14N5S2.ClHO4/c1-20-11-7-3-5-9-13(11)22-15(20)17-19-18-16-21(2)12-8-4-6-10-14(12)23-16;2-1(3,4)5/h3-10H,1-2H3;(H,2,3,4,5)/q+1;/p-1. The van der Waals surface area contributed by atoms with Gasteiger partial charge in [0.05, 0.1) is 27.2 Å². The highest BCUT2D eigenvalue weighted by Crippen LogP contribution is 2.25. The quantitative estimate of drug-likeness (QED) is 0.227. The van der Waals surface area contributed by atoms with Crippen molar-refractivity contribution in [3.05, 3.63) is 53.3 Å². The van der Waals surface area contributed by atoms with Crippen LogP contribution in [0.3, 0.4) is 0 Å². The van der Waals surface area contributed by atoms with Crippen LogP contribution >= 0.6 is 22.7 Å². The average molecular weight is 440 g/mol. The maximum Gasteiger partial charge on any atom is 0.411 e. The Hall–Kier alpha value is -2.25. The minimum absolute atomic E-state index is 0.832. The molecule has 2 aromatic carbocycles. The molecule has 0 aliphatic carbocycles. The van der Waals surface area contributed by atoms with E-state index in [-0.39, 0.29) is 0 Å². The van der Waals surface area contributed by atoms with Gasteiger partial charge in [0.15, 0.2) is 0 Å². The smallest absolute Gasteiger partial charge is 0.318 e. The molecule has 9 nitrogen and oxygen atoms in total. The molecule has 0 saturated carbocycles. The number of thiazole rings is 2. The van der Waals surface area contributed by atoms with Gasteiger partial charge < -0.3 is 4.57 Å². The topological polar surface area (TPSA) is 138 Å². The molecule has 0 N–H and O–H groups in total. The van der Waals surface area contributed by atoms with Crippen LogP contribution in [-0.2, 0) is 14.1 Å². The van der Waals surface area contributed by atoms with Gasteiger partial charge in [0.2, 0.25) is 4.80 Å². The Balaban J connectivity index is 0.000000403. The van der Waals surface area contributed by atoms with Crippen LogP contribution in [0.1, 0.15) is 0 Å². The Labute approximate surface area is 169 Å². The Morgan fingerprint density at radius 2 is 1.54 bits per heavy atom.